The summed E-state index contributed by atoms with van der Waals surface area (Å²) >= 11 is 5.04. The number of hydrogen-bond donors (Lipinski definition) is 0. The van der Waals surface area contributed by atoms with Gasteiger partial charge in [-0.3, -0.25) is 4.79 Å². The minimum Gasteiger partial charge on any atom is -0.483 e. The Morgan fingerprint density at radius 2 is 2.25 bits per heavy atom. The standard InChI is InChI=1S/C15H18BrNO2S/c1-10-8-11(19-9-20-3)4-5-12(10)14-7-6-13(16)15(18)17(14)2/h4-5,7-8,13H,6,9H2,1-3H3. The van der Waals surface area contributed by atoms with E-state index in [1.165, 1.54) is 0 Å². The van der Waals surface area contributed by atoms with Crippen LogP contribution in [0.25, 0.3) is 5.70 Å². The Balaban J connectivity index is 2.27. The van der Waals surface area contributed by atoms with Gasteiger partial charge >= 0.3 is 0 Å². The molecule has 1 heterocycles. The van der Waals surface area contributed by atoms with Gasteiger partial charge < -0.3 is 9.64 Å². The fourth-order valence-corrected chi connectivity index (χ4v) is 2.96. The second kappa shape index (κ2) is 6.68. The van der Waals surface area contributed by atoms with Gasteiger partial charge in [0.15, 0.2) is 0 Å². The van der Waals surface area contributed by atoms with E-state index in [0.29, 0.717) is 5.94 Å². The molecule has 1 aliphatic heterocycles. The maximum absolute atomic E-state index is 12.0. The average molecular weight is 356 g/mol. The minimum atomic E-state index is -0.110. The van der Waals surface area contributed by atoms with Crippen molar-refractivity contribution in [2.75, 3.05) is 19.2 Å². The van der Waals surface area contributed by atoms with E-state index in [1.54, 1.807) is 16.7 Å². The molecule has 108 valence electrons. The lowest BCUT2D eigenvalue weighted by molar-refractivity contribution is -0.126. The van der Waals surface area contributed by atoms with Crippen LogP contribution in [0.4, 0.5) is 0 Å². The van der Waals surface area contributed by atoms with Crippen LogP contribution in [0.15, 0.2) is 24.3 Å². The van der Waals surface area contributed by atoms with E-state index in [1.807, 2.05) is 38.4 Å². The summed E-state index contributed by atoms with van der Waals surface area (Å²) in [6, 6.07) is 6.00. The van der Waals surface area contributed by atoms with Crippen molar-refractivity contribution >= 4 is 39.3 Å². The van der Waals surface area contributed by atoms with Crippen LogP contribution in [0.5, 0.6) is 5.75 Å². The average Bonchev–Trinajstić information content (AvgIpc) is 2.44. The van der Waals surface area contributed by atoms with Crippen molar-refractivity contribution in [1.82, 2.24) is 4.90 Å². The first-order chi connectivity index (χ1) is 9.54. The van der Waals surface area contributed by atoms with Gasteiger partial charge in [-0.2, -0.15) is 0 Å². The first-order valence-corrected chi connectivity index (χ1v) is 8.70. The Hall–Kier alpha value is -0.940. The smallest absolute Gasteiger partial charge is 0.240 e. The summed E-state index contributed by atoms with van der Waals surface area (Å²) in [6.45, 7) is 2.04. The van der Waals surface area contributed by atoms with Crippen LogP contribution in [-0.4, -0.2) is 34.9 Å². The second-order valence-electron chi connectivity index (χ2n) is 4.72. The number of allylic oxidation sites excluding steroid dienone is 1. The summed E-state index contributed by atoms with van der Waals surface area (Å²) in [4.78, 5) is 13.6. The molecule has 1 amide bonds. The topological polar surface area (TPSA) is 29.5 Å². The molecule has 1 unspecified atom stereocenters. The maximum Gasteiger partial charge on any atom is 0.240 e. The van der Waals surface area contributed by atoms with Crippen LogP contribution >= 0.6 is 27.7 Å². The van der Waals surface area contributed by atoms with Gasteiger partial charge in [-0.05, 0) is 43.4 Å². The highest BCUT2D eigenvalue weighted by atomic mass is 79.9. The molecule has 3 nitrogen and oxygen atoms in total. The molecule has 1 atom stereocenters. The lowest BCUT2D eigenvalue weighted by atomic mass is 10.0. The van der Waals surface area contributed by atoms with Crippen molar-refractivity contribution in [3.8, 4) is 5.75 Å². The molecule has 0 saturated heterocycles. The molecule has 0 N–H and O–H groups in total. The quantitative estimate of drug-likeness (QED) is 0.609. The highest BCUT2D eigenvalue weighted by Crippen LogP contribution is 2.30. The molecule has 2 rings (SSSR count). The molecule has 20 heavy (non-hydrogen) atoms. The molecule has 1 aliphatic rings. The fourth-order valence-electron chi connectivity index (χ4n) is 2.21. The Kier molecular flexibility index (Phi) is 5.16. The lowest BCUT2D eigenvalue weighted by Crippen LogP contribution is -2.35. The minimum absolute atomic E-state index is 0.101. The molecule has 5 heteroatoms. The lowest BCUT2D eigenvalue weighted by Gasteiger charge is -2.28. The van der Waals surface area contributed by atoms with Gasteiger partial charge in [-0.1, -0.05) is 22.0 Å². The molecule has 0 radical (unpaired) electrons. The number of amides is 1. The zero-order valence-corrected chi connectivity index (χ0v) is 14.3. The maximum atomic E-state index is 12.0. The number of aryl methyl sites for hydroxylation is 1. The number of benzene rings is 1. The zero-order valence-electron chi connectivity index (χ0n) is 11.9. The van der Waals surface area contributed by atoms with Gasteiger partial charge in [0.1, 0.15) is 11.7 Å². The van der Waals surface area contributed by atoms with Crippen molar-refractivity contribution in [2.24, 2.45) is 0 Å². The van der Waals surface area contributed by atoms with Gasteiger partial charge in [0, 0.05) is 18.3 Å². The van der Waals surface area contributed by atoms with Crippen LogP contribution in [0.3, 0.4) is 0 Å². The number of nitrogens with zero attached hydrogens (tertiary/aromatic N) is 1. The van der Waals surface area contributed by atoms with Crippen molar-refractivity contribution in [1.29, 1.82) is 0 Å². The molecular formula is C15H18BrNO2S. The Morgan fingerprint density at radius 1 is 1.50 bits per heavy atom. The Morgan fingerprint density at radius 3 is 2.90 bits per heavy atom. The van der Waals surface area contributed by atoms with Gasteiger partial charge in [-0.25, -0.2) is 0 Å². The van der Waals surface area contributed by atoms with Gasteiger partial charge in [0.05, 0.1) is 4.83 Å². The fraction of sp³-hybridized carbons (Fsp3) is 0.400. The van der Waals surface area contributed by atoms with Crippen LogP contribution in [0.2, 0.25) is 0 Å². The zero-order chi connectivity index (χ0) is 14.7. The number of rotatable bonds is 4. The normalized spacial score (nSPS) is 19.0. The van der Waals surface area contributed by atoms with E-state index in [-0.39, 0.29) is 10.7 Å². The summed E-state index contributed by atoms with van der Waals surface area (Å²) in [5.74, 6) is 1.61. The Labute approximate surface area is 132 Å². The molecule has 1 aromatic carbocycles. The van der Waals surface area contributed by atoms with Crippen molar-refractivity contribution in [2.45, 2.75) is 18.2 Å². The number of halogens is 1. The van der Waals surface area contributed by atoms with Crippen LogP contribution in [0, 0.1) is 6.92 Å². The molecule has 0 spiro atoms. The summed E-state index contributed by atoms with van der Waals surface area (Å²) in [6.07, 6.45) is 4.83. The number of thioether (sulfide) groups is 1. The highest BCUT2D eigenvalue weighted by Gasteiger charge is 2.26. The molecule has 1 aromatic rings. The molecule has 0 bridgehead atoms. The van der Waals surface area contributed by atoms with E-state index in [2.05, 4.69) is 22.0 Å². The third-order valence-corrected chi connectivity index (χ3v) is 4.41. The highest BCUT2D eigenvalue weighted by molar-refractivity contribution is 9.10. The first kappa shape index (κ1) is 15.4. The Bertz CT molecular complexity index is 545. The molecular weight excluding hydrogens is 338 g/mol. The van der Waals surface area contributed by atoms with Crippen molar-refractivity contribution in [3.05, 3.63) is 35.4 Å². The summed E-state index contributed by atoms with van der Waals surface area (Å²) in [7, 11) is 1.82. The number of ether oxygens (including phenoxy) is 1. The van der Waals surface area contributed by atoms with Gasteiger partial charge in [0.25, 0.3) is 0 Å². The predicted octanol–water partition coefficient (Wildman–Crippen LogP) is 3.66. The van der Waals surface area contributed by atoms with E-state index in [4.69, 9.17) is 4.74 Å². The summed E-state index contributed by atoms with van der Waals surface area (Å²) in [5.41, 5.74) is 3.17. The van der Waals surface area contributed by atoms with E-state index < -0.39 is 0 Å². The van der Waals surface area contributed by atoms with Crippen LogP contribution in [-0.2, 0) is 4.79 Å². The SMILES string of the molecule is CSCOc1ccc(C2=CCC(Br)C(=O)N2C)c(C)c1. The van der Waals surface area contributed by atoms with Gasteiger partial charge in [0.2, 0.25) is 5.91 Å². The third kappa shape index (κ3) is 3.20. The van der Waals surface area contributed by atoms with Gasteiger partial charge in [-0.15, -0.1) is 11.8 Å². The third-order valence-electron chi connectivity index (χ3n) is 3.30. The summed E-state index contributed by atoms with van der Waals surface area (Å²) < 4.78 is 5.60. The van der Waals surface area contributed by atoms with E-state index in [0.717, 1.165) is 29.0 Å². The van der Waals surface area contributed by atoms with Crippen LogP contribution < -0.4 is 4.74 Å². The molecule has 0 fully saturated rings. The number of hydrogen-bond acceptors (Lipinski definition) is 3. The molecule has 0 aromatic heterocycles. The largest absolute Gasteiger partial charge is 0.483 e. The number of alkyl halides is 1. The van der Waals surface area contributed by atoms with Crippen LogP contribution in [0.1, 0.15) is 17.5 Å². The summed E-state index contributed by atoms with van der Waals surface area (Å²) in [5, 5.41) is 0. The number of carbonyl (C=O) groups is 1. The molecule has 0 aliphatic carbocycles. The second-order valence-corrected chi connectivity index (χ2v) is 6.64. The monoisotopic (exact) mass is 355 g/mol. The van der Waals surface area contributed by atoms with Crippen molar-refractivity contribution in [3.63, 3.8) is 0 Å². The van der Waals surface area contributed by atoms with Crippen molar-refractivity contribution < 1.29 is 9.53 Å². The van der Waals surface area contributed by atoms with E-state index >= 15 is 0 Å². The predicted molar refractivity (Wildman–Crippen MR) is 88.3 cm³/mol. The van der Waals surface area contributed by atoms with E-state index in [9.17, 15) is 4.79 Å². The number of carbonyl (C=O) groups excluding carboxylic acids is 1. The first-order valence-electron chi connectivity index (χ1n) is 6.39. The molecule has 0 saturated carbocycles.